The van der Waals surface area contributed by atoms with Crippen molar-refractivity contribution in [2.75, 3.05) is 101 Å². The van der Waals surface area contributed by atoms with Crippen molar-refractivity contribution in [1.29, 1.82) is 0 Å². The molecule has 0 fully saturated rings. The van der Waals surface area contributed by atoms with E-state index in [1.807, 2.05) is 85.9 Å². The minimum Gasteiger partial charge on any atom is -0.741 e. The largest absolute Gasteiger partial charge is 2.00 e. The van der Waals surface area contributed by atoms with E-state index in [9.17, 15) is 9.50 Å². The van der Waals surface area contributed by atoms with E-state index in [0.29, 0.717) is 89.4 Å². The van der Waals surface area contributed by atoms with Gasteiger partial charge in [0, 0.05) is 129 Å². The van der Waals surface area contributed by atoms with Crippen LogP contribution in [-0.4, -0.2) is 205 Å². The number of nitrogen functional groups attached to an aromatic ring is 1. The molecule has 5 aromatic rings. The number of nitrogens with one attached hydrogen (secondary N) is 10. The maximum atomic E-state index is 13.1. The van der Waals surface area contributed by atoms with E-state index in [-0.39, 0.29) is 133 Å². The van der Waals surface area contributed by atoms with Crippen LogP contribution in [-0.2, 0) is 212 Å². The fourth-order valence-electron chi connectivity index (χ4n) is 7.05. The Morgan fingerprint density at radius 1 is 0.297 bits per heavy atom. The number of hydrogen-bond donors (Lipinski definition) is 12. The van der Waals surface area contributed by atoms with Gasteiger partial charge in [-0.2, -0.15) is 76.5 Å². The molecule has 5 radical (unpaired) electrons. The third-order valence-corrected chi connectivity index (χ3v) is 16.6. The normalized spacial score (nSPS) is 13.3. The van der Waals surface area contributed by atoms with Gasteiger partial charge in [-0.25, -0.2) is 4.39 Å². The first-order valence-corrected chi connectivity index (χ1v) is 37.9. The minimum absolute atomic E-state index is 0. The van der Waals surface area contributed by atoms with Crippen LogP contribution in [0.3, 0.4) is 0 Å². The second-order valence-corrected chi connectivity index (χ2v) is 25.8. The number of halogens is 1. The van der Waals surface area contributed by atoms with Gasteiger partial charge in [-0.05, 0) is 177 Å². The molecular weight excluding hydrogens is 1970 g/mol. The molecule has 0 atom stereocenters. The molecule has 50 heteroatoms. The van der Waals surface area contributed by atoms with Crippen molar-refractivity contribution in [3.8, 4) is 5.75 Å². The molecule has 5 rings (SSSR count). The molecule has 13 N–H and O–H groups in total. The summed E-state index contributed by atoms with van der Waals surface area (Å²) in [6.45, 7) is 8.77. The van der Waals surface area contributed by atoms with Gasteiger partial charge < -0.3 is 195 Å². The van der Waals surface area contributed by atoms with Gasteiger partial charge >= 0.3 is 85.3 Å². The van der Waals surface area contributed by atoms with E-state index in [4.69, 9.17) is 132 Å². The average molecular weight is 2060 g/mol. The third-order valence-electron chi connectivity index (χ3n) is 13.0. The van der Waals surface area contributed by atoms with Crippen LogP contribution >= 0.6 is 11.8 Å². The van der Waals surface area contributed by atoms with Gasteiger partial charge in [0.2, 0.25) is 0 Å². The van der Waals surface area contributed by atoms with Gasteiger partial charge in [-0.1, -0.05) is 36.4 Å². The van der Waals surface area contributed by atoms with Crippen molar-refractivity contribution in [3.05, 3.63) is 155 Å². The van der Waals surface area contributed by atoms with Crippen LogP contribution in [0, 0.1) is 5.82 Å². The summed E-state index contributed by atoms with van der Waals surface area (Å²) in [5.41, 5.74) is 16.6. The standard InChI is InChI=1S/C15H23N7S2.C14H20N6S3.C13H17FN6S2.C13H19N7S2.C13H18N6OS2.5Cu/c1-10(18-20-14(23)16-2)13(19-21-15(24)17-3)11-6-8-12(9-7-11)22(4)5;1-9(17-19-13(21)15-2)12(18-20-14(22)16-3)10-5-7-11(23-4)8-6-10;2*1-8(17-19-12(21)15-2)11(18-20-13(22)16-3)9-4-6-10(14)7-5-9;1-8(16-18-12(21)14-2)11(17-19-13(22)15-3)9-4-6-10(20)7-5-9;;;;;/h6-9H,1-5H3,(H2,16,20,23)(H2,17,21,24);5-8H,1-4H3,(H2,15,19,21)(H2,16,20,22);4-7H,1-3H3,(H2,15,19,21)(H2,16,20,22);4-7H,14H2,1-3H3,(H2,15,19,21)(H2,16,20,22);4-7,20H,1-3H3,(H2,14,18,21)(H2,15,19,22);;;;;/q;;;;;5*+2/p-10. The van der Waals surface area contributed by atoms with E-state index in [0.717, 1.165) is 27.3 Å². The van der Waals surface area contributed by atoms with E-state index < -0.39 is 0 Å². The zero-order valence-corrected chi connectivity index (χ0v) is 80.0. The summed E-state index contributed by atoms with van der Waals surface area (Å²) in [6.07, 6.45) is 2.02. The van der Waals surface area contributed by atoms with Crippen molar-refractivity contribution in [2.45, 2.75) is 39.5 Å². The summed E-state index contributed by atoms with van der Waals surface area (Å²) in [7, 11) is 20.7. The summed E-state index contributed by atoms with van der Waals surface area (Å²) in [5, 5.41) is 119. The Morgan fingerprint density at radius 2 is 0.475 bits per heavy atom. The smallest absolute Gasteiger partial charge is 0.741 e. The first kappa shape index (κ1) is 119. The van der Waals surface area contributed by atoms with Gasteiger partial charge in [0.25, 0.3) is 0 Å². The summed E-state index contributed by atoms with van der Waals surface area (Å²) in [4.78, 5) is 3.18. The van der Waals surface area contributed by atoms with Crippen molar-refractivity contribution in [3.63, 3.8) is 0 Å². The predicted molar refractivity (Wildman–Crippen MR) is 501 cm³/mol. The first-order chi connectivity index (χ1) is 53.8. The van der Waals surface area contributed by atoms with E-state index >= 15 is 0 Å². The van der Waals surface area contributed by atoms with Crippen LogP contribution in [0.1, 0.15) is 62.4 Å². The molecule has 5 aromatic carbocycles. The Hall–Kier alpha value is -8.02. The monoisotopic (exact) mass is 2050 g/mol. The van der Waals surface area contributed by atoms with Crippen LogP contribution in [0.4, 0.5) is 15.8 Å². The number of amidine groups is 10. The molecule has 0 aliphatic heterocycles. The molecule has 0 unspecified atom stereocenters. The number of nitrogens with two attached hydrogens (primary N) is 1. The van der Waals surface area contributed by atoms with Crippen LogP contribution in [0.25, 0.3) is 0 Å². The van der Waals surface area contributed by atoms with E-state index in [1.54, 1.807) is 165 Å². The summed E-state index contributed by atoms with van der Waals surface area (Å²) in [5.74, 6) is -0.192. The van der Waals surface area contributed by atoms with Crippen molar-refractivity contribution in [1.82, 2.24) is 53.2 Å². The molecule has 0 aliphatic rings. The Balaban J connectivity index is -0.000000446. The molecule has 33 nitrogen and oxygen atoms in total. The fraction of sp³-hybridized carbons (Fsp3) is 0.265. The molecular formula is C68H87Cu5FN32OS11. The molecule has 0 bridgehead atoms. The Labute approximate surface area is 801 Å². The Morgan fingerprint density at radius 3 is 0.669 bits per heavy atom. The van der Waals surface area contributed by atoms with Gasteiger partial charge in [0.05, 0.1) is 28.6 Å². The molecule has 0 spiro atoms. The number of rotatable bonds is 22. The van der Waals surface area contributed by atoms with Gasteiger partial charge in [0.15, 0.2) is 0 Å². The van der Waals surface area contributed by atoms with Crippen LogP contribution in [0.2, 0.25) is 0 Å². The molecule has 0 aliphatic carbocycles. The zero-order valence-electron chi connectivity index (χ0n) is 66.3. The maximum absolute atomic E-state index is 13.1. The van der Waals surface area contributed by atoms with Crippen molar-refractivity contribution in [2.24, 2.45) is 102 Å². The number of phenols is 1. The third kappa shape index (κ3) is 49.5. The Bertz CT molecular complexity index is 4240. The fourth-order valence-corrected chi connectivity index (χ4v) is 7.86. The summed E-state index contributed by atoms with van der Waals surface area (Å²) >= 11 is 51.1. The number of hydrogen-bond acceptors (Lipinski definition) is 34. The van der Waals surface area contributed by atoms with Gasteiger partial charge in [-0.15, -0.1) is 37.3 Å². The van der Waals surface area contributed by atoms with Gasteiger partial charge in [-0.3, -0.25) is 0 Å². The van der Waals surface area contributed by atoms with Crippen LogP contribution in [0.15, 0.2) is 228 Å². The number of benzene rings is 5. The van der Waals surface area contributed by atoms with Crippen LogP contribution < -0.4 is 63.8 Å². The second-order valence-electron chi connectivity index (χ2n) is 21.1. The molecule has 0 heterocycles. The summed E-state index contributed by atoms with van der Waals surface area (Å²) in [6, 6.07) is 35.3. The molecule has 0 aromatic heterocycles. The molecule has 118 heavy (non-hydrogen) atoms. The SMILES string of the molecule is CNC([S-])=NN=C(C)C(=NN=C([S-])NC)c1ccc(F)cc1.CNC([S-])=NN=C(C)C(=NN=C([S-])NC)c1ccc(N(C)C)cc1.CNC([S-])=NN=C(C)C(=NN=C([S-])NC)c1ccc(N)cc1.CNC([S-])=NN=C(C)C(=NN=C([S-])NC)c1ccc(O)cc1.CNC([S-])=NN=C(C)C(=NN=C([S-])NC)c1ccc(SC)cc1.[Cu+2].[Cu+2].[Cu+2].[Cu+2].[Cu+2]. The number of anilines is 2. The maximum Gasteiger partial charge on any atom is 2.00 e. The number of aromatic hydroxyl groups is 1. The van der Waals surface area contributed by atoms with Gasteiger partial charge in [0.1, 0.15) is 40.1 Å². The molecule has 653 valence electrons. The quantitative estimate of drug-likeness (QED) is 0.00799. The van der Waals surface area contributed by atoms with E-state index in [1.165, 1.54) is 12.1 Å². The average Bonchev–Trinajstić information content (AvgIpc) is 0.491. The molecule has 0 saturated heterocycles. The number of thioether (sulfide) groups is 1. The number of phenolic OH excluding ortho intramolecular Hbond substituents is 1. The topological polar surface area (TPSA) is 417 Å². The second kappa shape index (κ2) is 68.7. The minimum atomic E-state index is -0.346. The van der Waals surface area contributed by atoms with Crippen molar-refractivity contribution >= 4 is 258 Å². The van der Waals surface area contributed by atoms with Crippen molar-refractivity contribution < 1.29 is 94.8 Å². The molecule has 0 amide bonds. The van der Waals surface area contributed by atoms with E-state index in [2.05, 4.69) is 155 Å². The first-order valence-electron chi connectivity index (χ1n) is 32.6. The zero-order chi connectivity index (χ0) is 85.0. The summed E-state index contributed by atoms with van der Waals surface area (Å²) < 4.78 is 13.1. The van der Waals surface area contributed by atoms with Crippen LogP contribution in [0.5, 0.6) is 5.75 Å². The molecule has 0 saturated carbocycles. The number of nitrogens with zero attached hydrogens (tertiary/aromatic N) is 21. The Kier molecular flexibility index (Phi) is 69.0. The predicted octanol–water partition coefficient (Wildman–Crippen LogP) is 5.26.